The number of imidazole rings is 1. The first-order valence-electron chi connectivity index (χ1n) is 6.32. The summed E-state index contributed by atoms with van der Waals surface area (Å²) >= 11 is 0. The lowest BCUT2D eigenvalue weighted by molar-refractivity contribution is 0.0691. The summed E-state index contributed by atoms with van der Waals surface area (Å²) in [6.45, 7) is 0.172. The van der Waals surface area contributed by atoms with E-state index in [1.807, 2.05) is 35.0 Å². The number of ether oxygens (including phenoxy) is 1. The zero-order valence-electron chi connectivity index (χ0n) is 11.1. The van der Waals surface area contributed by atoms with E-state index in [-0.39, 0.29) is 17.9 Å². The minimum absolute atomic E-state index is 0.0768. The third kappa shape index (κ3) is 2.64. The van der Waals surface area contributed by atoms with Crippen LogP contribution in [0.15, 0.2) is 48.8 Å². The maximum atomic E-state index is 11.1. The van der Waals surface area contributed by atoms with Gasteiger partial charge in [0.25, 0.3) is 0 Å². The third-order valence-corrected chi connectivity index (χ3v) is 3.03. The van der Waals surface area contributed by atoms with Gasteiger partial charge in [-0.1, -0.05) is 6.07 Å². The van der Waals surface area contributed by atoms with Crippen molar-refractivity contribution in [1.29, 1.82) is 0 Å². The first-order chi connectivity index (χ1) is 10.1. The molecule has 0 atom stereocenters. The molecule has 0 spiro atoms. The highest BCUT2D eigenvalue weighted by atomic mass is 16.5. The second-order valence-corrected chi connectivity index (χ2v) is 4.55. The molecule has 0 unspecified atom stereocenters. The van der Waals surface area contributed by atoms with E-state index in [4.69, 9.17) is 15.6 Å². The van der Waals surface area contributed by atoms with Gasteiger partial charge in [-0.3, -0.25) is 0 Å². The van der Waals surface area contributed by atoms with Gasteiger partial charge >= 0.3 is 5.97 Å². The van der Waals surface area contributed by atoms with Crippen molar-refractivity contribution in [2.24, 2.45) is 0 Å². The Bertz CT molecular complexity index is 778. The molecular weight excluding hydrogens is 270 g/mol. The van der Waals surface area contributed by atoms with E-state index in [0.29, 0.717) is 11.4 Å². The number of nitrogens with zero attached hydrogens (tertiary/aromatic N) is 2. The molecule has 0 fully saturated rings. The van der Waals surface area contributed by atoms with Gasteiger partial charge in [0.1, 0.15) is 23.6 Å². The van der Waals surface area contributed by atoms with E-state index in [1.165, 1.54) is 18.2 Å². The second-order valence-electron chi connectivity index (χ2n) is 4.55. The highest BCUT2D eigenvalue weighted by molar-refractivity contribution is 5.91. The molecule has 0 aliphatic carbocycles. The maximum Gasteiger partial charge on any atom is 0.339 e. The molecule has 1 aromatic carbocycles. The molecule has 3 N–H and O–H groups in total. The quantitative estimate of drug-likeness (QED) is 0.716. The largest absolute Gasteiger partial charge is 0.486 e. The summed E-state index contributed by atoms with van der Waals surface area (Å²) in [6.07, 6.45) is 3.72. The van der Waals surface area contributed by atoms with Crippen LogP contribution in [0.2, 0.25) is 0 Å². The van der Waals surface area contributed by atoms with E-state index in [1.54, 1.807) is 0 Å². The Balaban J connectivity index is 1.84. The fraction of sp³-hybridized carbons (Fsp3) is 0.0667. The highest BCUT2D eigenvalue weighted by Gasteiger charge is 2.12. The number of nitrogens with two attached hydrogens (primary N) is 1. The van der Waals surface area contributed by atoms with Gasteiger partial charge in [-0.05, 0) is 24.3 Å². The van der Waals surface area contributed by atoms with Crippen LogP contribution in [0.1, 0.15) is 16.1 Å². The number of carboxylic acids is 1. The van der Waals surface area contributed by atoms with Crippen molar-refractivity contribution in [3.05, 3.63) is 60.0 Å². The van der Waals surface area contributed by atoms with Gasteiger partial charge in [0.05, 0.1) is 5.69 Å². The molecule has 0 bridgehead atoms. The van der Waals surface area contributed by atoms with Gasteiger partial charge in [-0.15, -0.1) is 0 Å². The molecule has 2 aromatic heterocycles. The number of pyridine rings is 1. The first kappa shape index (κ1) is 13.0. The zero-order valence-corrected chi connectivity index (χ0v) is 11.1. The summed E-state index contributed by atoms with van der Waals surface area (Å²) in [5, 5.41) is 9.13. The number of anilines is 1. The van der Waals surface area contributed by atoms with Crippen LogP contribution in [0.25, 0.3) is 5.65 Å². The van der Waals surface area contributed by atoms with Crippen LogP contribution in [0.5, 0.6) is 5.75 Å². The Morgan fingerprint density at radius 2 is 2.19 bits per heavy atom. The van der Waals surface area contributed by atoms with Gasteiger partial charge in [-0.2, -0.15) is 0 Å². The van der Waals surface area contributed by atoms with Gasteiger partial charge in [0.2, 0.25) is 0 Å². The SMILES string of the molecule is Nc1ccc(C(=O)O)c(OCc2cn3ccccc3n2)c1. The first-order valence-corrected chi connectivity index (χ1v) is 6.32. The van der Waals surface area contributed by atoms with Crippen molar-refractivity contribution >= 4 is 17.3 Å². The predicted molar refractivity (Wildman–Crippen MR) is 77.3 cm³/mol. The Morgan fingerprint density at radius 3 is 2.95 bits per heavy atom. The van der Waals surface area contributed by atoms with Crippen molar-refractivity contribution in [1.82, 2.24) is 9.38 Å². The molecule has 3 rings (SSSR count). The number of aromatic carboxylic acids is 1. The number of hydrogen-bond acceptors (Lipinski definition) is 4. The van der Waals surface area contributed by atoms with Gasteiger partial charge < -0.3 is 20.0 Å². The van der Waals surface area contributed by atoms with Gasteiger partial charge in [0.15, 0.2) is 0 Å². The minimum atomic E-state index is -1.06. The van der Waals surface area contributed by atoms with Crippen LogP contribution in [0.4, 0.5) is 5.69 Å². The van der Waals surface area contributed by atoms with Crippen molar-refractivity contribution in [3.63, 3.8) is 0 Å². The summed E-state index contributed by atoms with van der Waals surface area (Å²) < 4.78 is 7.43. The number of rotatable bonds is 4. The Hall–Kier alpha value is -3.02. The Morgan fingerprint density at radius 1 is 1.33 bits per heavy atom. The van der Waals surface area contributed by atoms with Crippen molar-refractivity contribution < 1.29 is 14.6 Å². The zero-order chi connectivity index (χ0) is 14.8. The number of benzene rings is 1. The summed E-state index contributed by atoms with van der Waals surface area (Å²) in [6, 6.07) is 10.1. The molecule has 0 aliphatic rings. The van der Waals surface area contributed by atoms with Gasteiger partial charge in [-0.25, -0.2) is 9.78 Å². The summed E-state index contributed by atoms with van der Waals surface area (Å²) in [4.78, 5) is 15.5. The number of hydrogen-bond donors (Lipinski definition) is 2. The lowest BCUT2D eigenvalue weighted by Crippen LogP contribution is -2.04. The molecule has 21 heavy (non-hydrogen) atoms. The average Bonchev–Trinajstić information content (AvgIpc) is 2.87. The molecule has 2 heterocycles. The van der Waals surface area contributed by atoms with Crippen LogP contribution >= 0.6 is 0 Å². The lowest BCUT2D eigenvalue weighted by Gasteiger charge is -2.08. The normalized spacial score (nSPS) is 10.7. The molecule has 6 heteroatoms. The van der Waals surface area contributed by atoms with E-state index in [9.17, 15) is 4.79 Å². The van der Waals surface area contributed by atoms with E-state index >= 15 is 0 Å². The van der Waals surface area contributed by atoms with Crippen LogP contribution in [0.3, 0.4) is 0 Å². The van der Waals surface area contributed by atoms with Gasteiger partial charge in [0, 0.05) is 24.1 Å². The molecule has 0 saturated heterocycles. The number of aromatic nitrogens is 2. The van der Waals surface area contributed by atoms with Crippen LogP contribution in [-0.2, 0) is 6.61 Å². The van der Waals surface area contributed by atoms with Crippen LogP contribution in [0, 0.1) is 0 Å². The smallest absolute Gasteiger partial charge is 0.339 e. The number of fused-ring (bicyclic) bond motifs is 1. The fourth-order valence-electron chi connectivity index (χ4n) is 2.04. The van der Waals surface area contributed by atoms with Crippen molar-refractivity contribution in [2.45, 2.75) is 6.61 Å². The van der Waals surface area contributed by atoms with Crippen molar-refractivity contribution in [3.8, 4) is 5.75 Å². The third-order valence-electron chi connectivity index (χ3n) is 3.03. The molecule has 0 radical (unpaired) electrons. The molecule has 0 aliphatic heterocycles. The maximum absolute atomic E-state index is 11.1. The highest BCUT2D eigenvalue weighted by Crippen LogP contribution is 2.23. The number of carboxylic acid groups (broad SMARTS) is 1. The Labute approximate surface area is 120 Å². The lowest BCUT2D eigenvalue weighted by atomic mass is 10.2. The molecule has 106 valence electrons. The van der Waals surface area contributed by atoms with Crippen LogP contribution < -0.4 is 10.5 Å². The second kappa shape index (κ2) is 5.16. The molecule has 0 amide bonds. The number of nitrogen functional groups attached to an aromatic ring is 1. The topological polar surface area (TPSA) is 89.9 Å². The molecular formula is C15H13N3O3. The summed E-state index contributed by atoms with van der Waals surface area (Å²) in [5.74, 6) is -0.820. The Kier molecular flexibility index (Phi) is 3.19. The van der Waals surface area contributed by atoms with E-state index < -0.39 is 5.97 Å². The summed E-state index contributed by atoms with van der Waals surface area (Å²) in [7, 11) is 0. The summed E-state index contributed by atoms with van der Waals surface area (Å²) in [5.41, 5.74) is 7.71. The molecule has 6 nitrogen and oxygen atoms in total. The van der Waals surface area contributed by atoms with E-state index in [0.717, 1.165) is 5.65 Å². The average molecular weight is 283 g/mol. The molecule has 3 aromatic rings. The molecule has 0 saturated carbocycles. The standard InChI is InChI=1S/C15H13N3O3/c16-10-4-5-12(15(19)20)13(7-10)21-9-11-8-18-6-2-1-3-14(18)17-11/h1-8H,9,16H2,(H,19,20). The van der Waals surface area contributed by atoms with Crippen molar-refractivity contribution in [2.75, 3.05) is 5.73 Å². The predicted octanol–water partition coefficient (Wildman–Crippen LogP) is 2.19. The van der Waals surface area contributed by atoms with E-state index in [2.05, 4.69) is 4.98 Å². The monoisotopic (exact) mass is 283 g/mol. The van der Waals surface area contributed by atoms with Crippen LogP contribution in [-0.4, -0.2) is 20.5 Å². The minimum Gasteiger partial charge on any atom is -0.486 e. The fourth-order valence-corrected chi connectivity index (χ4v) is 2.04. The number of carbonyl (C=O) groups is 1.